The number of benzene rings is 1. The van der Waals surface area contributed by atoms with Gasteiger partial charge in [-0.25, -0.2) is 0 Å². The lowest BCUT2D eigenvalue weighted by atomic mass is 9.75. The molecule has 2 aliphatic rings. The van der Waals surface area contributed by atoms with Crippen LogP contribution < -0.4 is 0 Å². The van der Waals surface area contributed by atoms with E-state index >= 15 is 0 Å². The molecule has 0 saturated carbocycles. The number of nitrogens with zero attached hydrogens (tertiary/aromatic N) is 1. The summed E-state index contributed by atoms with van der Waals surface area (Å²) in [5.41, 5.74) is 3.75. The van der Waals surface area contributed by atoms with Crippen LogP contribution in [0.1, 0.15) is 44.2 Å². The van der Waals surface area contributed by atoms with Crippen molar-refractivity contribution < 1.29 is 0 Å². The normalized spacial score (nSPS) is 28.9. The summed E-state index contributed by atoms with van der Waals surface area (Å²) in [5, 5.41) is 0. The highest BCUT2D eigenvalue weighted by atomic mass is 15.2. The van der Waals surface area contributed by atoms with Gasteiger partial charge in [0.2, 0.25) is 0 Å². The summed E-state index contributed by atoms with van der Waals surface area (Å²) in [5.74, 6) is 0. The minimum atomic E-state index is 0.485. The number of hydrogen-bond donors (Lipinski definition) is 0. The van der Waals surface area contributed by atoms with Crippen LogP contribution in [0, 0.1) is 0 Å². The predicted molar refractivity (Wildman–Crippen MR) is 72.4 cm³/mol. The molecule has 1 heterocycles. The minimum absolute atomic E-state index is 0.485. The van der Waals surface area contributed by atoms with Crippen molar-refractivity contribution in [2.75, 3.05) is 13.1 Å². The number of likely N-dealkylation sites (tertiary alicyclic amines) is 1. The first-order chi connectivity index (χ1) is 8.21. The van der Waals surface area contributed by atoms with Crippen LogP contribution in [0.3, 0.4) is 0 Å². The minimum Gasteiger partial charge on any atom is -0.300 e. The van der Waals surface area contributed by atoms with E-state index in [4.69, 9.17) is 0 Å². The largest absolute Gasteiger partial charge is 0.300 e. The highest BCUT2D eigenvalue weighted by molar-refractivity contribution is 5.40. The second kappa shape index (κ2) is 4.13. The number of rotatable bonds is 1. The summed E-state index contributed by atoms with van der Waals surface area (Å²) in [6, 6.07) is 9.83. The van der Waals surface area contributed by atoms with Crippen LogP contribution in [-0.4, -0.2) is 24.0 Å². The molecule has 0 aromatic heterocycles. The fraction of sp³-hybridized carbons (Fsp3) is 0.625. The van der Waals surface area contributed by atoms with E-state index in [0.717, 1.165) is 0 Å². The maximum absolute atomic E-state index is 2.67. The Morgan fingerprint density at radius 3 is 2.82 bits per heavy atom. The van der Waals surface area contributed by atoms with E-state index < -0.39 is 0 Å². The zero-order chi connectivity index (χ0) is 11.9. The van der Waals surface area contributed by atoms with Crippen LogP contribution in [0.5, 0.6) is 0 Å². The third-order valence-electron chi connectivity index (χ3n) is 4.80. The molecule has 1 spiro atoms. The van der Waals surface area contributed by atoms with Crippen LogP contribution in [0.15, 0.2) is 24.3 Å². The van der Waals surface area contributed by atoms with Crippen molar-refractivity contribution in [2.24, 2.45) is 0 Å². The summed E-state index contributed by atoms with van der Waals surface area (Å²) in [6.45, 7) is 7.24. The highest BCUT2D eigenvalue weighted by Crippen LogP contribution is 2.45. The summed E-state index contributed by atoms with van der Waals surface area (Å²) in [6.07, 6.45) is 5.43. The monoisotopic (exact) mass is 229 g/mol. The number of hydrogen-bond acceptors (Lipinski definition) is 1. The SMILES string of the molecule is CC(C)N1CCCC2(CCc3ccccc32)C1. The van der Waals surface area contributed by atoms with Crippen molar-refractivity contribution in [3.63, 3.8) is 0 Å². The Labute approximate surface area is 105 Å². The van der Waals surface area contributed by atoms with Gasteiger partial charge < -0.3 is 4.90 Å². The lowest BCUT2D eigenvalue weighted by Gasteiger charge is -2.43. The topological polar surface area (TPSA) is 3.24 Å². The summed E-state index contributed by atoms with van der Waals surface area (Å²) in [4.78, 5) is 2.67. The smallest absolute Gasteiger partial charge is 0.00867 e. The molecule has 92 valence electrons. The fourth-order valence-corrected chi connectivity index (χ4v) is 3.80. The van der Waals surface area contributed by atoms with E-state index in [1.54, 1.807) is 11.1 Å². The lowest BCUT2D eigenvalue weighted by Crippen LogP contribution is -2.47. The van der Waals surface area contributed by atoms with Gasteiger partial charge in [-0.1, -0.05) is 24.3 Å². The van der Waals surface area contributed by atoms with Crippen molar-refractivity contribution in [3.8, 4) is 0 Å². The highest BCUT2D eigenvalue weighted by Gasteiger charge is 2.41. The molecule has 1 fully saturated rings. The maximum atomic E-state index is 2.67. The van der Waals surface area contributed by atoms with Crippen LogP contribution in [0.25, 0.3) is 0 Å². The van der Waals surface area contributed by atoms with Crippen molar-refractivity contribution >= 4 is 0 Å². The maximum Gasteiger partial charge on any atom is 0.00867 e. The van der Waals surface area contributed by atoms with E-state index in [-0.39, 0.29) is 0 Å². The van der Waals surface area contributed by atoms with E-state index in [9.17, 15) is 0 Å². The molecule has 1 aromatic carbocycles. The van der Waals surface area contributed by atoms with E-state index in [1.165, 1.54) is 38.8 Å². The molecule has 17 heavy (non-hydrogen) atoms. The Morgan fingerprint density at radius 2 is 2.00 bits per heavy atom. The van der Waals surface area contributed by atoms with E-state index in [2.05, 4.69) is 43.0 Å². The number of piperidine rings is 1. The number of aryl methyl sites for hydroxylation is 1. The summed E-state index contributed by atoms with van der Waals surface area (Å²) >= 11 is 0. The summed E-state index contributed by atoms with van der Waals surface area (Å²) in [7, 11) is 0. The molecule has 1 atom stereocenters. The molecular formula is C16H23N. The molecule has 1 nitrogen and oxygen atoms in total. The molecule has 1 aromatic rings. The second-order valence-corrected chi connectivity index (χ2v) is 6.11. The van der Waals surface area contributed by atoms with E-state index in [0.29, 0.717) is 11.5 Å². The van der Waals surface area contributed by atoms with Crippen LogP contribution in [0.2, 0.25) is 0 Å². The third kappa shape index (κ3) is 1.81. The van der Waals surface area contributed by atoms with Crippen LogP contribution >= 0.6 is 0 Å². The predicted octanol–water partition coefficient (Wildman–Crippen LogP) is 3.37. The Kier molecular flexibility index (Phi) is 2.74. The molecule has 0 bridgehead atoms. The molecular weight excluding hydrogens is 206 g/mol. The molecule has 1 unspecified atom stereocenters. The fourth-order valence-electron chi connectivity index (χ4n) is 3.80. The van der Waals surface area contributed by atoms with Crippen molar-refractivity contribution in [3.05, 3.63) is 35.4 Å². The molecule has 1 heteroatoms. The van der Waals surface area contributed by atoms with Gasteiger partial charge in [0.25, 0.3) is 0 Å². The Bertz CT molecular complexity index is 406. The van der Waals surface area contributed by atoms with Gasteiger partial charge in [-0.15, -0.1) is 0 Å². The molecule has 1 saturated heterocycles. The Balaban J connectivity index is 1.93. The molecule has 0 amide bonds. The van der Waals surface area contributed by atoms with Gasteiger partial charge in [0.1, 0.15) is 0 Å². The van der Waals surface area contributed by atoms with Crippen LogP contribution in [-0.2, 0) is 11.8 Å². The zero-order valence-corrected chi connectivity index (χ0v) is 11.1. The Hall–Kier alpha value is -0.820. The first-order valence-electron chi connectivity index (χ1n) is 7.04. The lowest BCUT2D eigenvalue weighted by molar-refractivity contribution is 0.116. The Morgan fingerprint density at radius 1 is 1.18 bits per heavy atom. The van der Waals surface area contributed by atoms with Gasteiger partial charge in [0.05, 0.1) is 0 Å². The van der Waals surface area contributed by atoms with Gasteiger partial charge in [-0.3, -0.25) is 0 Å². The van der Waals surface area contributed by atoms with Crippen molar-refractivity contribution in [2.45, 2.75) is 51.0 Å². The second-order valence-electron chi connectivity index (χ2n) is 6.11. The first-order valence-corrected chi connectivity index (χ1v) is 7.04. The van der Waals surface area contributed by atoms with E-state index in [1.807, 2.05) is 0 Å². The molecule has 3 rings (SSSR count). The quantitative estimate of drug-likeness (QED) is 0.713. The standard InChI is InChI=1S/C16H23N/c1-13(2)17-11-5-9-16(12-17)10-8-14-6-3-4-7-15(14)16/h3-4,6-7,13H,5,8-12H2,1-2H3. The molecule has 1 aliphatic carbocycles. The third-order valence-corrected chi connectivity index (χ3v) is 4.80. The van der Waals surface area contributed by atoms with Gasteiger partial charge >= 0.3 is 0 Å². The molecule has 0 N–H and O–H groups in total. The van der Waals surface area contributed by atoms with Crippen molar-refractivity contribution in [1.82, 2.24) is 4.90 Å². The van der Waals surface area contributed by atoms with Gasteiger partial charge in [-0.05, 0) is 57.2 Å². The summed E-state index contributed by atoms with van der Waals surface area (Å²) < 4.78 is 0. The molecule has 0 radical (unpaired) electrons. The average Bonchev–Trinajstić information content (AvgIpc) is 2.69. The van der Waals surface area contributed by atoms with Gasteiger partial charge in [0, 0.05) is 18.0 Å². The zero-order valence-electron chi connectivity index (χ0n) is 11.1. The van der Waals surface area contributed by atoms with Gasteiger partial charge in [-0.2, -0.15) is 0 Å². The van der Waals surface area contributed by atoms with Crippen molar-refractivity contribution in [1.29, 1.82) is 0 Å². The number of fused-ring (bicyclic) bond motifs is 2. The molecule has 1 aliphatic heterocycles. The van der Waals surface area contributed by atoms with Gasteiger partial charge in [0.15, 0.2) is 0 Å². The van der Waals surface area contributed by atoms with Crippen LogP contribution in [0.4, 0.5) is 0 Å². The average molecular weight is 229 g/mol. The first kappa shape index (κ1) is 11.3.